The van der Waals surface area contributed by atoms with Crippen LogP contribution in [-0.4, -0.2) is 136 Å². The normalized spacial score (nSPS) is 16.6. The number of ether oxygens (including phenoxy) is 3. The van der Waals surface area contributed by atoms with Crippen molar-refractivity contribution < 1.29 is 28.9 Å². The van der Waals surface area contributed by atoms with Crippen molar-refractivity contribution in [2.75, 3.05) is 98.9 Å². The first-order chi connectivity index (χ1) is 24.0. The third-order valence-corrected chi connectivity index (χ3v) is 9.63. The Balaban J connectivity index is 0.000000276. The Morgan fingerprint density at radius 3 is 1.29 bits per heavy atom. The van der Waals surface area contributed by atoms with Gasteiger partial charge in [0.15, 0.2) is 0 Å². The van der Waals surface area contributed by atoms with E-state index < -0.39 is 5.97 Å². The molecule has 2 saturated heterocycles. The van der Waals surface area contributed by atoms with Gasteiger partial charge in [-0.25, -0.2) is 9.59 Å². The molecular formula is C41H66N4O6. The largest absolute Gasteiger partial charge is 0.492 e. The molecule has 4 rings (SSSR count). The van der Waals surface area contributed by atoms with Gasteiger partial charge >= 0.3 is 11.9 Å². The first-order valence-corrected chi connectivity index (χ1v) is 18.7. The number of piperazine rings is 2. The summed E-state index contributed by atoms with van der Waals surface area (Å²) in [6.45, 7) is 32.1. The highest BCUT2D eigenvalue weighted by Gasteiger charge is 2.21. The van der Waals surface area contributed by atoms with E-state index in [0.29, 0.717) is 35.2 Å². The van der Waals surface area contributed by atoms with Gasteiger partial charge in [-0.05, 0) is 98.1 Å². The Kier molecular flexibility index (Phi) is 16.7. The van der Waals surface area contributed by atoms with E-state index in [-0.39, 0.29) is 5.97 Å². The molecule has 0 spiro atoms. The summed E-state index contributed by atoms with van der Waals surface area (Å²) in [5.41, 5.74) is 3.50. The van der Waals surface area contributed by atoms with Crippen LogP contribution >= 0.6 is 0 Å². The van der Waals surface area contributed by atoms with E-state index in [1.807, 2.05) is 26.0 Å². The van der Waals surface area contributed by atoms with Crippen LogP contribution in [-0.2, 0) is 4.74 Å². The van der Waals surface area contributed by atoms with Crippen LogP contribution in [0.1, 0.15) is 86.2 Å². The maximum atomic E-state index is 11.6. The summed E-state index contributed by atoms with van der Waals surface area (Å²) in [5, 5.41) is 9.00. The van der Waals surface area contributed by atoms with Gasteiger partial charge < -0.3 is 29.1 Å². The van der Waals surface area contributed by atoms with Crippen LogP contribution in [0.5, 0.6) is 11.5 Å². The third kappa shape index (κ3) is 15.9. The lowest BCUT2D eigenvalue weighted by atomic mass is 9.92. The molecule has 2 fully saturated rings. The van der Waals surface area contributed by atoms with Gasteiger partial charge in [0.2, 0.25) is 0 Å². The van der Waals surface area contributed by atoms with Crippen molar-refractivity contribution in [3.8, 4) is 11.5 Å². The van der Waals surface area contributed by atoms with E-state index in [1.54, 1.807) is 24.3 Å². The van der Waals surface area contributed by atoms with Crippen LogP contribution in [0.2, 0.25) is 0 Å². The Morgan fingerprint density at radius 1 is 0.608 bits per heavy atom. The minimum Gasteiger partial charge on any atom is -0.492 e. The molecule has 2 heterocycles. The van der Waals surface area contributed by atoms with Crippen LogP contribution < -0.4 is 9.47 Å². The Morgan fingerprint density at radius 2 is 0.961 bits per heavy atom. The second-order valence-corrected chi connectivity index (χ2v) is 16.4. The molecule has 2 aromatic rings. The fraction of sp³-hybridized carbons (Fsp3) is 0.659. The van der Waals surface area contributed by atoms with E-state index in [1.165, 1.54) is 33.0 Å². The maximum absolute atomic E-state index is 11.6. The predicted molar refractivity (Wildman–Crippen MR) is 206 cm³/mol. The average molecular weight is 711 g/mol. The van der Waals surface area contributed by atoms with E-state index in [2.05, 4.69) is 61.1 Å². The van der Waals surface area contributed by atoms with Crippen LogP contribution in [0.25, 0.3) is 0 Å². The second kappa shape index (κ2) is 20.2. The lowest BCUT2D eigenvalue weighted by Gasteiger charge is -2.35. The molecule has 0 aliphatic carbocycles. The van der Waals surface area contributed by atoms with Gasteiger partial charge in [-0.15, -0.1) is 0 Å². The molecule has 0 atom stereocenters. The SMILES string of the molecule is COC(=O)c1ccc(OCCN2CCN(CCC(C)(C)C)CC2)c(C)c1.Cc1cc(C(=O)O)ccc1OCCN1CCN(CCC(C)(C)C)CC1. The molecule has 0 amide bonds. The minimum absolute atomic E-state index is 0.302. The number of esters is 1. The summed E-state index contributed by atoms with van der Waals surface area (Å²) >= 11 is 0. The monoisotopic (exact) mass is 710 g/mol. The summed E-state index contributed by atoms with van der Waals surface area (Å²) in [4.78, 5) is 32.5. The lowest BCUT2D eigenvalue weighted by Crippen LogP contribution is -2.48. The molecule has 2 aliphatic heterocycles. The number of methoxy groups -OCH3 is 1. The number of hydrogen-bond donors (Lipinski definition) is 1. The predicted octanol–water partition coefficient (Wildman–Crippen LogP) is 6.34. The van der Waals surface area contributed by atoms with Crippen molar-refractivity contribution >= 4 is 11.9 Å². The molecular weight excluding hydrogens is 644 g/mol. The Hall–Kier alpha value is -3.18. The van der Waals surface area contributed by atoms with Crippen LogP contribution in [0.15, 0.2) is 36.4 Å². The summed E-state index contributed by atoms with van der Waals surface area (Å²) in [6.07, 6.45) is 2.48. The number of carboxylic acid groups (broad SMARTS) is 1. The van der Waals surface area contributed by atoms with Crippen molar-refractivity contribution in [3.63, 3.8) is 0 Å². The number of benzene rings is 2. The van der Waals surface area contributed by atoms with E-state index in [4.69, 9.17) is 19.3 Å². The highest BCUT2D eigenvalue weighted by molar-refractivity contribution is 5.89. The number of rotatable bonds is 14. The van der Waals surface area contributed by atoms with Crippen molar-refractivity contribution in [2.45, 2.75) is 68.2 Å². The lowest BCUT2D eigenvalue weighted by molar-refractivity contribution is 0.0599. The number of aromatic carboxylic acids is 1. The summed E-state index contributed by atoms with van der Waals surface area (Å²) in [5.74, 6) is 0.387. The molecule has 0 aromatic heterocycles. The molecule has 10 heteroatoms. The number of aryl methyl sites for hydroxylation is 2. The van der Waals surface area contributed by atoms with Gasteiger partial charge in [0, 0.05) is 65.4 Å². The van der Waals surface area contributed by atoms with E-state index >= 15 is 0 Å². The van der Waals surface area contributed by atoms with Crippen LogP contribution in [0.3, 0.4) is 0 Å². The third-order valence-electron chi connectivity index (χ3n) is 9.63. The van der Waals surface area contributed by atoms with Gasteiger partial charge in [0.25, 0.3) is 0 Å². The quantitative estimate of drug-likeness (QED) is 0.224. The highest BCUT2D eigenvalue weighted by atomic mass is 16.5. The Bertz CT molecular complexity index is 1370. The van der Waals surface area contributed by atoms with Crippen molar-refractivity contribution in [1.82, 2.24) is 19.6 Å². The summed E-state index contributed by atoms with van der Waals surface area (Å²) in [6, 6.07) is 10.4. The van der Waals surface area contributed by atoms with Gasteiger partial charge in [0.1, 0.15) is 24.7 Å². The number of nitrogens with zero attached hydrogens (tertiary/aromatic N) is 4. The summed E-state index contributed by atoms with van der Waals surface area (Å²) < 4.78 is 16.5. The molecule has 1 N–H and O–H groups in total. The van der Waals surface area contributed by atoms with Crippen LogP contribution in [0, 0.1) is 24.7 Å². The molecule has 0 radical (unpaired) electrons. The number of hydrogen-bond acceptors (Lipinski definition) is 9. The second-order valence-electron chi connectivity index (χ2n) is 16.4. The Labute approximate surface area is 308 Å². The zero-order valence-corrected chi connectivity index (χ0v) is 33.1. The zero-order chi connectivity index (χ0) is 37.6. The fourth-order valence-corrected chi connectivity index (χ4v) is 6.03. The number of carbonyl (C=O) groups excluding carboxylic acids is 1. The standard InChI is InChI=1S/C21H34N2O3.C20H32N2O3/c1-17-16-18(20(24)25-5)6-7-19(17)26-15-14-23-12-10-22(11-13-23)9-8-21(2,3)4;1-16-15-17(19(23)24)5-6-18(16)25-14-13-22-11-9-21(10-12-22)8-7-20(2,3)4/h6-7,16H,8-15H2,1-5H3;5-6,15H,7-14H2,1-4H3,(H,23,24). The van der Waals surface area contributed by atoms with E-state index in [9.17, 15) is 9.59 Å². The van der Waals surface area contributed by atoms with Crippen molar-refractivity contribution in [2.24, 2.45) is 10.8 Å². The highest BCUT2D eigenvalue weighted by Crippen LogP contribution is 2.22. The molecule has 0 bridgehead atoms. The molecule has 2 aromatic carbocycles. The molecule has 0 unspecified atom stereocenters. The number of carboxylic acids is 1. The number of carbonyl (C=O) groups is 2. The fourth-order valence-electron chi connectivity index (χ4n) is 6.03. The average Bonchev–Trinajstić information content (AvgIpc) is 3.08. The van der Waals surface area contributed by atoms with Gasteiger partial charge in [-0.3, -0.25) is 9.80 Å². The first-order valence-electron chi connectivity index (χ1n) is 18.7. The van der Waals surface area contributed by atoms with Crippen molar-refractivity contribution in [1.29, 1.82) is 0 Å². The topological polar surface area (TPSA) is 95.0 Å². The van der Waals surface area contributed by atoms with Gasteiger partial charge in [-0.2, -0.15) is 0 Å². The zero-order valence-electron chi connectivity index (χ0n) is 33.1. The molecule has 286 valence electrons. The summed E-state index contributed by atoms with van der Waals surface area (Å²) in [7, 11) is 1.39. The molecule has 0 saturated carbocycles. The molecule has 10 nitrogen and oxygen atoms in total. The maximum Gasteiger partial charge on any atom is 0.337 e. The first kappa shape index (κ1) is 42.2. The molecule has 2 aliphatic rings. The van der Waals surface area contributed by atoms with Crippen molar-refractivity contribution in [3.05, 3.63) is 58.7 Å². The minimum atomic E-state index is -0.904. The smallest absolute Gasteiger partial charge is 0.337 e. The van der Waals surface area contributed by atoms with Crippen LogP contribution in [0.4, 0.5) is 0 Å². The molecule has 51 heavy (non-hydrogen) atoms. The van der Waals surface area contributed by atoms with E-state index in [0.717, 1.165) is 88.1 Å². The van der Waals surface area contributed by atoms with Gasteiger partial charge in [-0.1, -0.05) is 41.5 Å². The van der Waals surface area contributed by atoms with Gasteiger partial charge in [0.05, 0.1) is 18.2 Å².